The lowest BCUT2D eigenvalue weighted by atomic mass is 10.3. The summed E-state index contributed by atoms with van der Waals surface area (Å²) in [6.07, 6.45) is 0.903. The zero-order valence-corrected chi connectivity index (χ0v) is 7.82. The molecule has 1 aliphatic heterocycles. The fraction of sp³-hybridized carbons (Fsp3) is 0.625. The molecule has 0 aromatic heterocycles. The lowest BCUT2D eigenvalue weighted by Gasteiger charge is -2.10. The molecule has 1 aliphatic rings. The number of hydrogen-bond donors (Lipinski definition) is 2. The number of hydrogen-bond acceptors (Lipinski definition) is 3. The van der Waals surface area contributed by atoms with Gasteiger partial charge in [0.1, 0.15) is 6.04 Å². The molecule has 78 valence electrons. The molecule has 6 nitrogen and oxygen atoms in total. The minimum atomic E-state index is -1.12. The molecule has 1 fully saturated rings. The molecule has 1 atom stereocenters. The topological polar surface area (TPSA) is 86.7 Å². The van der Waals surface area contributed by atoms with Gasteiger partial charge in [0.2, 0.25) is 5.91 Å². The number of amides is 3. The summed E-state index contributed by atoms with van der Waals surface area (Å²) in [5, 5.41) is 10.8. The second-order valence-electron chi connectivity index (χ2n) is 3.09. The van der Waals surface area contributed by atoms with Crippen molar-refractivity contribution in [2.24, 2.45) is 0 Å². The predicted octanol–water partition coefficient (Wildman–Crippen LogP) is -0.209. The SMILES string of the molecule is CCCC(=O)N1CC(C(=O)O)NC1=O. The second-order valence-corrected chi connectivity index (χ2v) is 3.09. The number of nitrogens with zero attached hydrogens (tertiary/aromatic N) is 1. The van der Waals surface area contributed by atoms with Crippen molar-refractivity contribution in [1.29, 1.82) is 0 Å². The summed E-state index contributed by atoms with van der Waals surface area (Å²) < 4.78 is 0. The van der Waals surface area contributed by atoms with Crippen molar-refractivity contribution in [3.05, 3.63) is 0 Å². The Morgan fingerprint density at radius 1 is 1.64 bits per heavy atom. The minimum absolute atomic E-state index is 0.0764. The number of nitrogens with one attached hydrogen (secondary N) is 1. The van der Waals surface area contributed by atoms with Crippen LogP contribution in [0.5, 0.6) is 0 Å². The number of aliphatic carboxylic acids is 1. The van der Waals surface area contributed by atoms with Gasteiger partial charge in [0.05, 0.1) is 6.54 Å². The van der Waals surface area contributed by atoms with Crippen molar-refractivity contribution in [2.45, 2.75) is 25.8 Å². The van der Waals surface area contributed by atoms with E-state index < -0.39 is 18.0 Å². The predicted molar refractivity (Wildman–Crippen MR) is 46.6 cm³/mol. The summed E-state index contributed by atoms with van der Waals surface area (Å²) in [6, 6.07) is -1.58. The number of carboxylic acids is 1. The summed E-state index contributed by atoms with van der Waals surface area (Å²) >= 11 is 0. The molecule has 0 aromatic rings. The maximum Gasteiger partial charge on any atom is 0.328 e. The van der Waals surface area contributed by atoms with Crippen molar-refractivity contribution in [3.63, 3.8) is 0 Å². The van der Waals surface area contributed by atoms with E-state index in [0.29, 0.717) is 6.42 Å². The Morgan fingerprint density at radius 2 is 2.29 bits per heavy atom. The molecule has 6 heteroatoms. The molecule has 0 spiro atoms. The summed E-state index contributed by atoms with van der Waals surface area (Å²) in [7, 11) is 0. The highest BCUT2D eigenvalue weighted by Crippen LogP contribution is 2.07. The summed E-state index contributed by atoms with van der Waals surface area (Å²) in [5.41, 5.74) is 0. The van der Waals surface area contributed by atoms with Gasteiger partial charge in [-0.15, -0.1) is 0 Å². The number of carbonyl (C=O) groups is 3. The van der Waals surface area contributed by atoms with E-state index in [1.165, 1.54) is 0 Å². The molecule has 0 bridgehead atoms. The Morgan fingerprint density at radius 3 is 2.71 bits per heavy atom. The molecule has 0 aromatic carbocycles. The first-order valence-corrected chi connectivity index (χ1v) is 4.40. The van der Waals surface area contributed by atoms with Gasteiger partial charge < -0.3 is 10.4 Å². The van der Waals surface area contributed by atoms with E-state index >= 15 is 0 Å². The molecule has 1 heterocycles. The Bertz CT molecular complexity index is 277. The van der Waals surface area contributed by atoms with Gasteiger partial charge in [-0.05, 0) is 6.42 Å². The largest absolute Gasteiger partial charge is 0.480 e. The first-order chi connectivity index (χ1) is 6.56. The van der Waals surface area contributed by atoms with Gasteiger partial charge in [0, 0.05) is 6.42 Å². The van der Waals surface area contributed by atoms with Crippen LogP contribution in [0.4, 0.5) is 4.79 Å². The van der Waals surface area contributed by atoms with Crippen LogP contribution < -0.4 is 5.32 Å². The number of carbonyl (C=O) groups excluding carboxylic acids is 2. The van der Waals surface area contributed by atoms with Crippen molar-refractivity contribution in [3.8, 4) is 0 Å². The molecule has 0 aliphatic carbocycles. The molecule has 3 amide bonds. The second kappa shape index (κ2) is 4.08. The van der Waals surface area contributed by atoms with Crippen LogP contribution in [-0.4, -0.2) is 40.5 Å². The molecular formula is C8H12N2O4. The number of urea groups is 1. The molecule has 0 radical (unpaired) electrons. The van der Waals surface area contributed by atoms with Crippen LogP contribution in [0.15, 0.2) is 0 Å². The van der Waals surface area contributed by atoms with Crippen molar-refractivity contribution < 1.29 is 19.5 Å². The van der Waals surface area contributed by atoms with Gasteiger partial charge in [-0.25, -0.2) is 9.59 Å². The van der Waals surface area contributed by atoms with Crippen LogP contribution in [0.1, 0.15) is 19.8 Å². The van der Waals surface area contributed by atoms with Crippen LogP contribution in [0, 0.1) is 0 Å². The molecule has 1 rings (SSSR count). The molecule has 1 unspecified atom stereocenters. The third-order valence-electron chi connectivity index (χ3n) is 1.97. The Labute approximate surface area is 80.9 Å². The normalized spacial score (nSPS) is 20.8. The Balaban J connectivity index is 2.61. The van der Waals surface area contributed by atoms with Crippen molar-refractivity contribution in [2.75, 3.05) is 6.54 Å². The molecule has 1 saturated heterocycles. The van der Waals surface area contributed by atoms with Gasteiger partial charge in [0.15, 0.2) is 0 Å². The van der Waals surface area contributed by atoms with Gasteiger partial charge >= 0.3 is 12.0 Å². The van der Waals surface area contributed by atoms with Crippen molar-refractivity contribution >= 4 is 17.9 Å². The third kappa shape index (κ3) is 2.01. The molecule has 2 N–H and O–H groups in total. The van der Waals surface area contributed by atoms with E-state index in [1.54, 1.807) is 0 Å². The third-order valence-corrected chi connectivity index (χ3v) is 1.97. The minimum Gasteiger partial charge on any atom is -0.480 e. The van der Waals surface area contributed by atoms with Crippen LogP contribution in [-0.2, 0) is 9.59 Å². The highest BCUT2D eigenvalue weighted by molar-refractivity contribution is 5.99. The van der Waals surface area contributed by atoms with Crippen LogP contribution in [0.2, 0.25) is 0 Å². The average Bonchev–Trinajstić information content (AvgIpc) is 2.48. The molecule has 14 heavy (non-hydrogen) atoms. The summed E-state index contributed by atoms with van der Waals surface area (Å²) in [6.45, 7) is 1.74. The van der Waals surface area contributed by atoms with E-state index in [1.807, 2.05) is 6.92 Å². The summed E-state index contributed by atoms with van der Waals surface area (Å²) in [4.78, 5) is 33.9. The highest BCUT2D eigenvalue weighted by Gasteiger charge is 2.36. The first-order valence-electron chi connectivity index (χ1n) is 4.40. The quantitative estimate of drug-likeness (QED) is 0.660. The average molecular weight is 200 g/mol. The lowest BCUT2D eigenvalue weighted by molar-refractivity contribution is -0.138. The number of imide groups is 1. The smallest absolute Gasteiger partial charge is 0.328 e. The van der Waals surface area contributed by atoms with Crippen LogP contribution in [0.3, 0.4) is 0 Å². The number of carboxylic acid groups (broad SMARTS) is 1. The monoisotopic (exact) mass is 200 g/mol. The van der Waals surface area contributed by atoms with Gasteiger partial charge in [-0.3, -0.25) is 9.69 Å². The van der Waals surface area contributed by atoms with Crippen LogP contribution >= 0.6 is 0 Å². The van der Waals surface area contributed by atoms with Gasteiger partial charge in [0.25, 0.3) is 0 Å². The van der Waals surface area contributed by atoms with E-state index in [4.69, 9.17) is 5.11 Å². The standard InChI is InChI=1S/C8H12N2O4/c1-2-3-6(11)10-4-5(7(12)13)9-8(10)14/h5H,2-4H2,1H3,(H,9,14)(H,12,13). The molecule has 0 saturated carbocycles. The van der Waals surface area contributed by atoms with E-state index in [-0.39, 0.29) is 18.9 Å². The summed E-state index contributed by atoms with van der Waals surface area (Å²) in [5.74, 6) is -1.45. The Hall–Kier alpha value is -1.59. The molecular weight excluding hydrogens is 188 g/mol. The van der Waals surface area contributed by atoms with Gasteiger partial charge in [-0.2, -0.15) is 0 Å². The van der Waals surface area contributed by atoms with E-state index in [0.717, 1.165) is 4.90 Å². The fourth-order valence-corrected chi connectivity index (χ4v) is 1.24. The highest BCUT2D eigenvalue weighted by atomic mass is 16.4. The first kappa shape index (κ1) is 10.5. The van der Waals surface area contributed by atoms with E-state index in [2.05, 4.69) is 5.32 Å². The van der Waals surface area contributed by atoms with E-state index in [9.17, 15) is 14.4 Å². The Kier molecular flexibility index (Phi) is 3.06. The maximum atomic E-state index is 11.3. The fourth-order valence-electron chi connectivity index (χ4n) is 1.24. The number of rotatable bonds is 3. The zero-order chi connectivity index (χ0) is 10.7. The maximum absolute atomic E-state index is 11.3. The van der Waals surface area contributed by atoms with Gasteiger partial charge in [-0.1, -0.05) is 6.92 Å². The zero-order valence-electron chi connectivity index (χ0n) is 7.82. The van der Waals surface area contributed by atoms with Crippen molar-refractivity contribution in [1.82, 2.24) is 10.2 Å². The lowest BCUT2D eigenvalue weighted by Crippen LogP contribution is -2.34. The van der Waals surface area contributed by atoms with Crippen LogP contribution in [0.25, 0.3) is 0 Å².